The molecule has 1 aromatic heterocycles. The third kappa shape index (κ3) is 3.56. The molecule has 1 saturated heterocycles. The van der Waals surface area contributed by atoms with Gasteiger partial charge in [0.2, 0.25) is 0 Å². The molecule has 0 aliphatic carbocycles. The minimum Gasteiger partial charge on any atom is -0.372 e. The number of benzene rings is 2. The van der Waals surface area contributed by atoms with Gasteiger partial charge in [-0.3, -0.25) is 4.79 Å². The lowest BCUT2D eigenvalue weighted by atomic mass is 10.2. The van der Waals surface area contributed by atoms with Gasteiger partial charge in [0, 0.05) is 36.7 Å². The van der Waals surface area contributed by atoms with Crippen LogP contribution in [-0.4, -0.2) is 30.5 Å². The van der Waals surface area contributed by atoms with Gasteiger partial charge in [-0.2, -0.15) is 0 Å². The molecule has 2 aromatic carbocycles. The van der Waals surface area contributed by atoms with Gasteiger partial charge in [-0.25, -0.2) is 4.98 Å². The molecule has 5 heteroatoms. The smallest absolute Gasteiger partial charge is 0.276 e. The van der Waals surface area contributed by atoms with Crippen LogP contribution in [0.4, 0.5) is 22.7 Å². The van der Waals surface area contributed by atoms with Gasteiger partial charge >= 0.3 is 0 Å². The number of hydrogen-bond donors (Lipinski definition) is 1. The molecule has 1 amide bonds. The molecule has 0 atom stereocenters. The van der Waals surface area contributed by atoms with E-state index in [1.54, 1.807) is 12.3 Å². The van der Waals surface area contributed by atoms with Crippen molar-refractivity contribution in [2.24, 2.45) is 0 Å². The molecular formula is C24H24N4O. The molecule has 2 aliphatic rings. The highest BCUT2D eigenvalue weighted by Crippen LogP contribution is 2.29. The third-order valence-corrected chi connectivity index (χ3v) is 5.74. The van der Waals surface area contributed by atoms with E-state index in [4.69, 9.17) is 0 Å². The highest BCUT2D eigenvalue weighted by molar-refractivity contribution is 6.06. The molecule has 5 nitrogen and oxygen atoms in total. The van der Waals surface area contributed by atoms with Gasteiger partial charge in [-0.05, 0) is 67.3 Å². The van der Waals surface area contributed by atoms with Crippen LogP contribution in [0.25, 0.3) is 0 Å². The number of aromatic nitrogens is 1. The molecule has 0 spiro atoms. The number of amides is 1. The fourth-order valence-electron chi connectivity index (χ4n) is 4.18. The number of carbonyl (C=O) groups is 1. The fourth-order valence-corrected chi connectivity index (χ4v) is 4.18. The van der Waals surface area contributed by atoms with Crippen molar-refractivity contribution < 1.29 is 4.79 Å². The zero-order chi connectivity index (χ0) is 19.6. The second-order valence-corrected chi connectivity index (χ2v) is 7.63. The number of nitrogens with zero attached hydrogens (tertiary/aromatic N) is 3. The Morgan fingerprint density at radius 1 is 0.862 bits per heavy atom. The molecule has 5 rings (SSSR count). The topological polar surface area (TPSA) is 48.5 Å². The van der Waals surface area contributed by atoms with Gasteiger partial charge in [0.05, 0.1) is 11.9 Å². The van der Waals surface area contributed by atoms with E-state index < -0.39 is 0 Å². The van der Waals surface area contributed by atoms with Gasteiger partial charge in [0.25, 0.3) is 5.91 Å². The number of nitrogens with one attached hydrogen (secondary N) is 1. The van der Waals surface area contributed by atoms with Gasteiger partial charge in [0.15, 0.2) is 0 Å². The standard InChI is InChI=1S/C24H24N4O/c29-24(28-16-13-18-5-1-2-6-23(18)28)22-12-9-20(17-25-22)26-19-7-10-21(11-8-19)27-14-3-4-15-27/h1-2,5-12,17,26H,3-4,13-16H2. The predicted molar refractivity (Wildman–Crippen MR) is 117 cm³/mol. The minimum atomic E-state index is -0.0449. The number of fused-ring (bicyclic) bond motifs is 1. The molecule has 2 aliphatic heterocycles. The number of pyridine rings is 1. The minimum absolute atomic E-state index is 0.0449. The van der Waals surface area contributed by atoms with E-state index in [0.717, 1.165) is 36.6 Å². The number of rotatable bonds is 4. The maximum absolute atomic E-state index is 12.9. The van der Waals surface area contributed by atoms with Crippen LogP contribution in [-0.2, 0) is 6.42 Å². The number of carbonyl (C=O) groups excluding carboxylic acids is 1. The fraction of sp³-hybridized carbons (Fsp3) is 0.250. The summed E-state index contributed by atoms with van der Waals surface area (Å²) in [5.41, 5.74) is 5.85. The molecule has 3 aromatic rings. The Balaban J connectivity index is 1.26. The molecule has 3 heterocycles. The Bertz CT molecular complexity index is 1010. The number of anilines is 4. The van der Waals surface area contributed by atoms with Gasteiger partial charge < -0.3 is 15.1 Å². The molecule has 0 saturated carbocycles. The van der Waals surface area contributed by atoms with Crippen molar-refractivity contribution in [2.75, 3.05) is 34.8 Å². The first-order chi connectivity index (χ1) is 14.3. The molecule has 0 bridgehead atoms. The first-order valence-electron chi connectivity index (χ1n) is 10.3. The quantitative estimate of drug-likeness (QED) is 0.713. The van der Waals surface area contributed by atoms with Crippen molar-refractivity contribution in [1.29, 1.82) is 0 Å². The van der Waals surface area contributed by atoms with E-state index in [-0.39, 0.29) is 5.91 Å². The van der Waals surface area contributed by atoms with Crippen molar-refractivity contribution in [1.82, 2.24) is 4.98 Å². The van der Waals surface area contributed by atoms with E-state index in [1.165, 1.54) is 24.1 Å². The summed E-state index contributed by atoms with van der Waals surface area (Å²) in [5.74, 6) is -0.0449. The summed E-state index contributed by atoms with van der Waals surface area (Å²) in [6.07, 6.45) is 5.18. The van der Waals surface area contributed by atoms with Crippen LogP contribution in [0.15, 0.2) is 66.9 Å². The summed E-state index contributed by atoms with van der Waals surface area (Å²) >= 11 is 0. The summed E-state index contributed by atoms with van der Waals surface area (Å²) in [6.45, 7) is 3.00. The van der Waals surface area contributed by atoms with Crippen molar-refractivity contribution in [2.45, 2.75) is 19.3 Å². The maximum Gasteiger partial charge on any atom is 0.276 e. The Kier molecular flexibility index (Phi) is 4.64. The molecule has 29 heavy (non-hydrogen) atoms. The lowest BCUT2D eigenvalue weighted by Crippen LogP contribution is -2.29. The van der Waals surface area contributed by atoms with Crippen LogP contribution < -0.4 is 15.1 Å². The average molecular weight is 384 g/mol. The van der Waals surface area contributed by atoms with Crippen LogP contribution in [0.3, 0.4) is 0 Å². The van der Waals surface area contributed by atoms with E-state index in [2.05, 4.69) is 45.5 Å². The molecule has 0 radical (unpaired) electrons. The summed E-state index contributed by atoms with van der Waals surface area (Å²) < 4.78 is 0. The van der Waals surface area contributed by atoms with E-state index in [9.17, 15) is 4.79 Å². The van der Waals surface area contributed by atoms with E-state index >= 15 is 0 Å². The van der Waals surface area contributed by atoms with Gasteiger partial charge in [-0.15, -0.1) is 0 Å². The van der Waals surface area contributed by atoms with Crippen molar-refractivity contribution >= 4 is 28.7 Å². The first-order valence-corrected chi connectivity index (χ1v) is 10.3. The Hall–Kier alpha value is -3.34. The highest BCUT2D eigenvalue weighted by Gasteiger charge is 2.25. The van der Waals surface area contributed by atoms with Crippen molar-refractivity contribution in [3.05, 3.63) is 78.1 Å². The molecule has 146 valence electrons. The van der Waals surface area contributed by atoms with Gasteiger partial charge in [0.1, 0.15) is 5.69 Å². The summed E-state index contributed by atoms with van der Waals surface area (Å²) in [5, 5.41) is 3.37. The molecular weight excluding hydrogens is 360 g/mol. The average Bonchev–Trinajstić information content (AvgIpc) is 3.45. The van der Waals surface area contributed by atoms with Crippen LogP contribution in [0.2, 0.25) is 0 Å². The Labute approximate surface area is 171 Å². The summed E-state index contributed by atoms with van der Waals surface area (Å²) in [7, 11) is 0. The SMILES string of the molecule is O=C(c1ccc(Nc2ccc(N3CCCC3)cc2)cn1)N1CCc2ccccc21. The zero-order valence-electron chi connectivity index (χ0n) is 16.3. The highest BCUT2D eigenvalue weighted by atomic mass is 16.2. The first kappa shape index (κ1) is 17.7. The lowest BCUT2D eigenvalue weighted by molar-refractivity contribution is 0.0984. The van der Waals surface area contributed by atoms with E-state index in [1.807, 2.05) is 29.2 Å². The number of hydrogen-bond acceptors (Lipinski definition) is 4. The van der Waals surface area contributed by atoms with Gasteiger partial charge in [-0.1, -0.05) is 18.2 Å². The largest absolute Gasteiger partial charge is 0.372 e. The zero-order valence-corrected chi connectivity index (χ0v) is 16.3. The molecule has 0 unspecified atom stereocenters. The molecule has 1 fully saturated rings. The van der Waals surface area contributed by atoms with Crippen molar-refractivity contribution in [3.63, 3.8) is 0 Å². The lowest BCUT2D eigenvalue weighted by Gasteiger charge is -2.18. The maximum atomic E-state index is 12.9. The Morgan fingerprint density at radius 2 is 1.62 bits per heavy atom. The molecule has 1 N–H and O–H groups in total. The third-order valence-electron chi connectivity index (χ3n) is 5.74. The summed E-state index contributed by atoms with van der Waals surface area (Å²) in [4.78, 5) is 21.5. The normalized spacial score (nSPS) is 15.4. The van der Waals surface area contributed by atoms with Crippen molar-refractivity contribution in [3.8, 4) is 0 Å². The number of para-hydroxylation sites is 1. The predicted octanol–water partition coefficient (Wildman–Crippen LogP) is 4.63. The Morgan fingerprint density at radius 3 is 2.38 bits per heavy atom. The summed E-state index contributed by atoms with van der Waals surface area (Å²) in [6, 6.07) is 20.3. The second kappa shape index (κ2) is 7.59. The van der Waals surface area contributed by atoms with Crippen LogP contribution in [0, 0.1) is 0 Å². The van der Waals surface area contributed by atoms with E-state index in [0.29, 0.717) is 12.2 Å². The van der Waals surface area contributed by atoms with Crippen LogP contribution >= 0.6 is 0 Å². The van der Waals surface area contributed by atoms with Crippen LogP contribution in [0.5, 0.6) is 0 Å². The van der Waals surface area contributed by atoms with Crippen LogP contribution in [0.1, 0.15) is 28.9 Å². The second-order valence-electron chi connectivity index (χ2n) is 7.63. The monoisotopic (exact) mass is 384 g/mol.